The molecule has 2 N–H and O–H groups in total. The quantitative estimate of drug-likeness (QED) is 0.746. The molecule has 7 heteroatoms. The Hall–Kier alpha value is -2.80. The van der Waals surface area contributed by atoms with Crippen molar-refractivity contribution in [3.8, 4) is 0 Å². The van der Waals surface area contributed by atoms with E-state index in [4.69, 9.17) is 0 Å². The molecule has 0 aliphatic rings. The van der Waals surface area contributed by atoms with Gasteiger partial charge in [0.05, 0.1) is 13.0 Å². The average Bonchev–Trinajstić information content (AvgIpc) is 2.98. The van der Waals surface area contributed by atoms with Crippen molar-refractivity contribution in [2.24, 2.45) is 0 Å². The van der Waals surface area contributed by atoms with Crippen LogP contribution in [0.3, 0.4) is 0 Å². The molecule has 3 rings (SSSR count). The third-order valence-corrected chi connectivity index (χ3v) is 4.20. The second kappa shape index (κ2) is 7.18. The first-order valence-corrected chi connectivity index (χ1v) is 8.27. The van der Waals surface area contributed by atoms with Gasteiger partial charge in [0.25, 0.3) is 0 Å². The average molecular weight is 340 g/mol. The molecule has 0 bridgehead atoms. The highest BCUT2D eigenvalue weighted by atomic mass is 32.1. The molecule has 0 fully saturated rings. The zero-order valence-corrected chi connectivity index (χ0v) is 13.9. The van der Waals surface area contributed by atoms with E-state index in [1.807, 2.05) is 42.5 Å². The fraction of sp³-hybridized carbons (Fsp3) is 0.176. The number of hydrogen-bond acceptors (Lipinski definition) is 5. The number of benzene rings is 2. The number of anilines is 1. The Morgan fingerprint density at radius 3 is 2.62 bits per heavy atom. The van der Waals surface area contributed by atoms with Gasteiger partial charge in [0.15, 0.2) is 0 Å². The lowest BCUT2D eigenvalue weighted by Crippen LogP contribution is -2.33. The number of nitrogens with zero attached hydrogens (tertiary/aromatic N) is 2. The summed E-state index contributed by atoms with van der Waals surface area (Å²) in [4.78, 5) is 23.9. The van der Waals surface area contributed by atoms with Crippen LogP contribution in [0.1, 0.15) is 10.6 Å². The number of aryl methyl sites for hydroxylation is 1. The first-order chi connectivity index (χ1) is 11.6. The SMILES string of the molecule is Cc1nnc(NC(=O)CNC(=O)Cc2cccc3ccccc23)s1. The van der Waals surface area contributed by atoms with E-state index in [9.17, 15) is 9.59 Å². The molecule has 3 aromatic rings. The second-order valence-corrected chi connectivity index (χ2v) is 6.45. The molecule has 0 aliphatic carbocycles. The predicted molar refractivity (Wildman–Crippen MR) is 93.9 cm³/mol. The summed E-state index contributed by atoms with van der Waals surface area (Å²) in [5.74, 6) is -0.521. The lowest BCUT2D eigenvalue weighted by Gasteiger charge is -2.07. The monoisotopic (exact) mass is 340 g/mol. The molecule has 2 aromatic carbocycles. The highest BCUT2D eigenvalue weighted by Crippen LogP contribution is 2.18. The number of hydrogen-bond donors (Lipinski definition) is 2. The van der Waals surface area contributed by atoms with Crippen molar-refractivity contribution in [3.63, 3.8) is 0 Å². The smallest absolute Gasteiger partial charge is 0.245 e. The number of aromatic nitrogens is 2. The van der Waals surface area contributed by atoms with Gasteiger partial charge in [0, 0.05) is 0 Å². The lowest BCUT2D eigenvalue weighted by molar-refractivity contribution is -0.123. The topological polar surface area (TPSA) is 84.0 Å². The van der Waals surface area contributed by atoms with Crippen LogP contribution in [0.4, 0.5) is 5.13 Å². The van der Waals surface area contributed by atoms with Gasteiger partial charge in [-0.2, -0.15) is 0 Å². The van der Waals surface area contributed by atoms with Crippen LogP contribution in [-0.2, 0) is 16.0 Å². The summed E-state index contributed by atoms with van der Waals surface area (Å²) in [5, 5.41) is 16.2. The number of carbonyl (C=O) groups excluding carboxylic acids is 2. The van der Waals surface area contributed by atoms with Gasteiger partial charge in [-0.15, -0.1) is 10.2 Å². The molecular weight excluding hydrogens is 324 g/mol. The van der Waals surface area contributed by atoms with Crippen LogP contribution >= 0.6 is 11.3 Å². The van der Waals surface area contributed by atoms with Crippen LogP contribution in [-0.4, -0.2) is 28.6 Å². The van der Waals surface area contributed by atoms with Crippen LogP contribution in [0.2, 0.25) is 0 Å². The van der Waals surface area contributed by atoms with E-state index in [1.165, 1.54) is 11.3 Å². The van der Waals surface area contributed by atoms with Crippen molar-refractivity contribution in [3.05, 3.63) is 53.0 Å². The number of amides is 2. The van der Waals surface area contributed by atoms with Gasteiger partial charge >= 0.3 is 0 Å². The van der Waals surface area contributed by atoms with Gasteiger partial charge < -0.3 is 5.32 Å². The third-order valence-electron chi connectivity index (χ3n) is 3.45. The van der Waals surface area contributed by atoms with Crippen molar-refractivity contribution in [1.82, 2.24) is 15.5 Å². The van der Waals surface area contributed by atoms with Crippen molar-refractivity contribution >= 4 is 39.1 Å². The molecule has 0 saturated heterocycles. The molecule has 24 heavy (non-hydrogen) atoms. The normalized spacial score (nSPS) is 10.5. The third kappa shape index (κ3) is 3.94. The summed E-state index contributed by atoms with van der Waals surface area (Å²) in [6, 6.07) is 13.8. The van der Waals surface area contributed by atoms with Crippen molar-refractivity contribution in [1.29, 1.82) is 0 Å². The van der Waals surface area contributed by atoms with Crippen LogP contribution in [0.5, 0.6) is 0 Å². The van der Waals surface area contributed by atoms with Crippen LogP contribution in [0, 0.1) is 6.92 Å². The zero-order chi connectivity index (χ0) is 16.9. The van der Waals surface area contributed by atoms with Crippen molar-refractivity contribution < 1.29 is 9.59 Å². The first-order valence-electron chi connectivity index (χ1n) is 7.45. The lowest BCUT2D eigenvalue weighted by atomic mass is 10.0. The highest BCUT2D eigenvalue weighted by molar-refractivity contribution is 7.15. The van der Waals surface area contributed by atoms with E-state index in [2.05, 4.69) is 20.8 Å². The van der Waals surface area contributed by atoms with Crippen LogP contribution < -0.4 is 10.6 Å². The summed E-state index contributed by atoms with van der Waals surface area (Å²) in [7, 11) is 0. The molecule has 0 aliphatic heterocycles. The molecular formula is C17H16N4O2S. The minimum Gasteiger partial charge on any atom is -0.347 e. The van der Waals surface area contributed by atoms with Gasteiger partial charge in [-0.25, -0.2) is 0 Å². The van der Waals surface area contributed by atoms with Gasteiger partial charge in [-0.05, 0) is 23.3 Å². The van der Waals surface area contributed by atoms with E-state index >= 15 is 0 Å². The summed E-state index contributed by atoms with van der Waals surface area (Å²) in [6.07, 6.45) is 0.229. The molecule has 1 heterocycles. The summed E-state index contributed by atoms with van der Waals surface area (Å²) in [5.41, 5.74) is 0.936. The minimum atomic E-state index is -0.322. The molecule has 0 spiro atoms. The zero-order valence-electron chi connectivity index (χ0n) is 13.1. The van der Waals surface area contributed by atoms with E-state index < -0.39 is 0 Å². The number of fused-ring (bicyclic) bond motifs is 1. The number of rotatable bonds is 5. The van der Waals surface area contributed by atoms with Gasteiger partial charge in [-0.1, -0.05) is 53.8 Å². The maximum absolute atomic E-state index is 12.1. The highest BCUT2D eigenvalue weighted by Gasteiger charge is 2.10. The fourth-order valence-electron chi connectivity index (χ4n) is 2.37. The Bertz CT molecular complexity index is 886. The molecule has 0 radical (unpaired) electrons. The van der Waals surface area contributed by atoms with E-state index in [-0.39, 0.29) is 24.8 Å². The Morgan fingerprint density at radius 2 is 1.83 bits per heavy atom. The Kier molecular flexibility index (Phi) is 4.81. The standard InChI is InChI=1S/C17H16N4O2S/c1-11-20-21-17(24-11)19-16(23)10-18-15(22)9-13-7-4-6-12-5-2-3-8-14(12)13/h2-8H,9-10H2,1H3,(H,18,22)(H,19,21,23). The molecule has 0 unspecified atom stereocenters. The molecule has 6 nitrogen and oxygen atoms in total. The summed E-state index contributed by atoms with van der Waals surface area (Å²) >= 11 is 1.29. The fourth-order valence-corrected chi connectivity index (χ4v) is 2.98. The van der Waals surface area contributed by atoms with Crippen molar-refractivity contribution in [2.45, 2.75) is 13.3 Å². The Morgan fingerprint density at radius 1 is 1.04 bits per heavy atom. The molecule has 0 atom stereocenters. The minimum absolute atomic E-state index is 0.0950. The number of carbonyl (C=O) groups is 2. The van der Waals surface area contributed by atoms with Gasteiger partial charge in [-0.3, -0.25) is 14.9 Å². The molecule has 122 valence electrons. The van der Waals surface area contributed by atoms with Gasteiger partial charge in [0.1, 0.15) is 5.01 Å². The predicted octanol–water partition coefficient (Wildman–Crippen LogP) is 2.30. The summed E-state index contributed by atoms with van der Waals surface area (Å²) in [6.45, 7) is 1.71. The first kappa shape index (κ1) is 16.1. The van der Waals surface area contributed by atoms with E-state index in [0.29, 0.717) is 5.13 Å². The van der Waals surface area contributed by atoms with Crippen LogP contribution in [0.25, 0.3) is 10.8 Å². The van der Waals surface area contributed by atoms with Gasteiger partial charge in [0.2, 0.25) is 16.9 Å². The largest absolute Gasteiger partial charge is 0.347 e. The number of nitrogens with one attached hydrogen (secondary N) is 2. The van der Waals surface area contributed by atoms with Crippen LogP contribution in [0.15, 0.2) is 42.5 Å². The van der Waals surface area contributed by atoms with Crippen molar-refractivity contribution in [2.75, 3.05) is 11.9 Å². The summed E-state index contributed by atoms with van der Waals surface area (Å²) < 4.78 is 0. The molecule has 2 amide bonds. The Balaban J connectivity index is 1.56. The molecule has 0 saturated carbocycles. The van der Waals surface area contributed by atoms with E-state index in [0.717, 1.165) is 21.3 Å². The maximum Gasteiger partial charge on any atom is 0.245 e. The maximum atomic E-state index is 12.1. The van der Waals surface area contributed by atoms with E-state index in [1.54, 1.807) is 6.92 Å². The second-order valence-electron chi connectivity index (χ2n) is 5.27. The molecule has 1 aromatic heterocycles. The Labute approximate surface area is 142 Å².